The molecule has 2 aromatic rings. The summed E-state index contributed by atoms with van der Waals surface area (Å²) in [6, 6.07) is 7.78. The van der Waals surface area contributed by atoms with Gasteiger partial charge in [-0.05, 0) is 36.8 Å². The number of benzene rings is 1. The van der Waals surface area contributed by atoms with E-state index in [1.165, 1.54) is 0 Å². The number of nitrogens with zero attached hydrogens (tertiary/aromatic N) is 1. The van der Waals surface area contributed by atoms with E-state index in [4.69, 9.17) is 15.2 Å². The highest BCUT2D eigenvalue weighted by Crippen LogP contribution is 2.36. The standard InChI is InChI=1S/C14H14N2O2S/c1-9-8-16-14(7-11(9)15)19-10-2-3-12-13(6-10)18-5-4-17-12/h2-3,6-8H,4-5H2,1H3,(H2,15,16). The molecule has 5 heteroatoms. The predicted octanol–water partition coefficient (Wildman–Crippen LogP) is 2.89. The molecule has 4 nitrogen and oxygen atoms in total. The summed E-state index contributed by atoms with van der Waals surface area (Å²) in [7, 11) is 0. The first kappa shape index (κ1) is 12.2. The van der Waals surface area contributed by atoms with E-state index in [0.29, 0.717) is 13.2 Å². The summed E-state index contributed by atoms with van der Waals surface area (Å²) in [5, 5.41) is 0.875. The first-order valence-corrected chi connectivity index (χ1v) is 6.83. The van der Waals surface area contributed by atoms with Crippen LogP contribution in [0.5, 0.6) is 11.5 Å². The largest absolute Gasteiger partial charge is 0.486 e. The lowest BCUT2D eigenvalue weighted by Crippen LogP contribution is -2.15. The molecule has 2 heterocycles. The highest BCUT2D eigenvalue weighted by Gasteiger charge is 2.12. The Balaban J connectivity index is 1.84. The van der Waals surface area contributed by atoms with Gasteiger partial charge in [-0.3, -0.25) is 0 Å². The Morgan fingerprint density at radius 3 is 2.74 bits per heavy atom. The Bertz CT molecular complexity index is 616. The number of nitrogens with two attached hydrogens (primary N) is 1. The van der Waals surface area contributed by atoms with Crippen LogP contribution in [0.2, 0.25) is 0 Å². The smallest absolute Gasteiger partial charge is 0.162 e. The van der Waals surface area contributed by atoms with E-state index in [2.05, 4.69) is 4.98 Å². The molecule has 2 N–H and O–H groups in total. The van der Waals surface area contributed by atoms with E-state index in [1.807, 2.05) is 31.2 Å². The molecule has 0 bridgehead atoms. The Hall–Kier alpha value is -1.88. The van der Waals surface area contributed by atoms with Gasteiger partial charge >= 0.3 is 0 Å². The monoisotopic (exact) mass is 274 g/mol. The molecule has 0 atom stereocenters. The van der Waals surface area contributed by atoms with Crippen molar-refractivity contribution in [3.05, 3.63) is 36.0 Å². The number of ether oxygens (including phenoxy) is 2. The normalized spacial score (nSPS) is 13.3. The van der Waals surface area contributed by atoms with Crippen LogP contribution in [0.4, 0.5) is 5.69 Å². The fraction of sp³-hybridized carbons (Fsp3) is 0.214. The van der Waals surface area contributed by atoms with Gasteiger partial charge in [0.25, 0.3) is 0 Å². The molecule has 0 saturated carbocycles. The maximum atomic E-state index is 5.89. The minimum absolute atomic E-state index is 0.594. The van der Waals surface area contributed by atoms with E-state index < -0.39 is 0 Å². The number of fused-ring (bicyclic) bond motifs is 1. The van der Waals surface area contributed by atoms with Crippen LogP contribution in [-0.4, -0.2) is 18.2 Å². The van der Waals surface area contributed by atoms with Crippen LogP contribution >= 0.6 is 11.8 Å². The van der Waals surface area contributed by atoms with Crippen molar-refractivity contribution in [3.8, 4) is 11.5 Å². The molecule has 1 aliphatic rings. The zero-order valence-corrected chi connectivity index (χ0v) is 11.4. The Morgan fingerprint density at radius 1 is 1.16 bits per heavy atom. The van der Waals surface area contributed by atoms with Crippen LogP contribution in [0, 0.1) is 6.92 Å². The third-order valence-electron chi connectivity index (χ3n) is 2.86. The lowest BCUT2D eigenvalue weighted by Gasteiger charge is -2.18. The van der Waals surface area contributed by atoms with Crippen molar-refractivity contribution in [2.45, 2.75) is 16.8 Å². The third-order valence-corrected chi connectivity index (χ3v) is 3.78. The second-order valence-corrected chi connectivity index (χ2v) is 5.38. The molecule has 98 valence electrons. The average molecular weight is 274 g/mol. The topological polar surface area (TPSA) is 57.4 Å². The number of aromatic nitrogens is 1. The fourth-order valence-corrected chi connectivity index (χ4v) is 2.62. The van der Waals surface area contributed by atoms with Crippen LogP contribution in [0.25, 0.3) is 0 Å². The van der Waals surface area contributed by atoms with Gasteiger partial charge in [0.05, 0.1) is 0 Å². The van der Waals surface area contributed by atoms with Gasteiger partial charge in [-0.15, -0.1) is 0 Å². The summed E-state index contributed by atoms with van der Waals surface area (Å²) in [6.07, 6.45) is 1.79. The molecular formula is C14H14N2O2S. The second kappa shape index (κ2) is 5.01. The van der Waals surface area contributed by atoms with Gasteiger partial charge in [-0.1, -0.05) is 11.8 Å². The summed E-state index contributed by atoms with van der Waals surface area (Å²) in [5.41, 5.74) is 7.64. The maximum Gasteiger partial charge on any atom is 0.162 e. The summed E-state index contributed by atoms with van der Waals surface area (Å²) >= 11 is 1.56. The van der Waals surface area contributed by atoms with Gasteiger partial charge < -0.3 is 15.2 Å². The van der Waals surface area contributed by atoms with Crippen LogP contribution in [0.3, 0.4) is 0 Å². The zero-order chi connectivity index (χ0) is 13.2. The summed E-state index contributed by atoms with van der Waals surface area (Å²) in [6.45, 7) is 3.15. The average Bonchev–Trinajstić information content (AvgIpc) is 2.43. The first-order chi connectivity index (χ1) is 9.22. The van der Waals surface area contributed by atoms with Gasteiger partial charge in [0.1, 0.15) is 18.2 Å². The molecule has 0 aliphatic carbocycles. The molecule has 1 aromatic heterocycles. The van der Waals surface area contributed by atoms with Crippen molar-refractivity contribution in [1.29, 1.82) is 0 Å². The lowest BCUT2D eigenvalue weighted by atomic mass is 10.3. The Kier molecular flexibility index (Phi) is 3.21. The molecule has 1 aliphatic heterocycles. The van der Waals surface area contributed by atoms with Crippen molar-refractivity contribution in [3.63, 3.8) is 0 Å². The molecule has 0 saturated heterocycles. The van der Waals surface area contributed by atoms with Gasteiger partial charge in [-0.2, -0.15) is 0 Å². The molecule has 0 spiro atoms. The van der Waals surface area contributed by atoms with Crippen LogP contribution < -0.4 is 15.2 Å². The SMILES string of the molecule is Cc1cnc(Sc2ccc3c(c2)OCCO3)cc1N. The molecule has 0 radical (unpaired) electrons. The summed E-state index contributed by atoms with van der Waals surface area (Å²) in [5.74, 6) is 1.59. The van der Waals surface area contributed by atoms with Crippen LogP contribution in [0.15, 0.2) is 40.4 Å². The number of hydrogen-bond acceptors (Lipinski definition) is 5. The summed E-state index contributed by atoms with van der Waals surface area (Å²) in [4.78, 5) is 5.41. The van der Waals surface area contributed by atoms with E-state index in [0.717, 1.165) is 32.7 Å². The minimum atomic E-state index is 0.594. The maximum absolute atomic E-state index is 5.89. The zero-order valence-electron chi connectivity index (χ0n) is 10.6. The van der Waals surface area contributed by atoms with Crippen molar-refractivity contribution in [2.75, 3.05) is 18.9 Å². The predicted molar refractivity (Wildman–Crippen MR) is 74.9 cm³/mol. The molecule has 0 unspecified atom stereocenters. The van der Waals surface area contributed by atoms with Gasteiger partial charge in [-0.25, -0.2) is 4.98 Å². The Labute approximate surface area is 115 Å². The quantitative estimate of drug-likeness (QED) is 0.912. The van der Waals surface area contributed by atoms with E-state index in [1.54, 1.807) is 18.0 Å². The van der Waals surface area contributed by atoms with E-state index in [9.17, 15) is 0 Å². The molecule has 3 rings (SSSR count). The van der Waals surface area contributed by atoms with Crippen molar-refractivity contribution >= 4 is 17.4 Å². The van der Waals surface area contributed by atoms with Crippen LogP contribution in [-0.2, 0) is 0 Å². The first-order valence-electron chi connectivity index (χ1n) is 6.02. The molecule has 1 aromatic carbocycles. The molecular weight excluding hydrogens is 260 g/mol. The fourth-order valence-electron chi connectivity index (χ4n) is 1.78. The van der Waals surface area contributed by atoms with Gasteiger partial charge in [0, 0.05) is 16.8 Å². The van der Waals surface area contributed by atoms with E-state index in [-0.39, 0.29) is 0 Å². The second-order valence-electron chi connectivity index (χ2n) is 4.29. The number of nitrogen functional groups attached to an aromatic ring is 1. The van der Waals surface area contributed by atoms with Crippen molar-refractivity contribution < 1.29 is 9.47 Å². The van der Waals surface area contributed by atoms with Gasteiger partial charge in [0.2, 0.25) is 0 Å². The molecule has 0 amide bonds. The molecule has 19 heavy (non-hydrogen) atoms. The number of pyridine rings is 1. The lowest BCUT2D eigenvalue weighted by molar-refractivity contribution is 0.171. The van der Waals surface area contributed by atoms with Crippen molar-refractivity contribution in [1.82, 2.24) is 4.98 Å². The number of hydrogen-bond donors (Lipinski definition) is 1. The van der Waals surface area contributed by atoms with E-state index >= 15 is 0 Å². The highest BCUT2D eigenvalue weighted by molar-refractivity contribution is 7.99. The minimum Gasteiger partial charge on any atom is -0.486 e. The molecule has 0 fully saturated rings. The number of rotatable bonds is 2. The van der Waals surface area contributed by atoms with Crippen LogP contribution in [0.1, 0.15) is 5.56 Å². The summed E-state index contributed by atoms with van der Waals surface area (Å²) < 4.78 is 11.1. The van der Waals surface area contributed by atoms with Gasteiger partial charge in [0.15, 0.2) is 11.5 Å². The van der Waals surface area contributed by atoms with Crippen molar-refractivity contribution in [2.24, 2.45) is 0 Å². The number of anilines is 1. The highest BCUT2D eigenvalue weighted by atomic mass is 32.2. The number of aryl methyl sites for hydroxylation is 1. The Morgan fingerprint density at radius 2 is 1.95 bits per heavy atom. The third kappa shape index (κ3) is 2.61.